The second-order valence-corrected chi connectivity index (χ2v) is 5.07. The summed E-state index contributed by atoms with van der Waals surface area (Å²) in [6.45, 7) is 4.27. The molecule has 0 spiro atoms. The predicted molar refractivity (Wildman–Crippen MR) is 49.8 cm³/mol. The van der Waals surface area contributed by atoms with E-state index < -0.39 is 0 Å². The molecule has 2 fully saturated rings. The molecule has 0 saturated heterocycles. The minimum Gasteiger partial charge on any atom is -0.393 e. The summed E-state index contributed by atoms with van der Waals surface area (Å²) in [5.74, 6) is 2.93. The Morgan fingerprint density at radius 1 is 1.17 bits per heavy atom. The molecule has 0 aliphatic heterocycles. The van der Waals surface area contributed by atoms with Crippen molar-refractivity contribution in [3.8, 4) is 0 Å². The number of hydrogen-bond acceptors (Lipinski definition) is 1. The molecule has 0 aromatic rings. The van der Waals surface area contributed by atoms with Gasteiger partial charge in [-0.3, -0.25) is 0 Å². The highest BCUT2D eigenvalue weighted by Crippen LogP contribution is 2.50. The fraction of sp³-hybridized carbons (Fsp3) is 1.00. The molecule has 2 aliphatic carbocycles. The lowest BCUT2D eigenvalue weighted by atomic mass is 9.81. The molecule has 0 aromatic heterocycles. The number of rotatable bonds is 2. The van der Waals surface area contributed by atoms with Crippen LogP contribution in [0.15, 0.2) is 0 Å². The molecule has 0 aromatic carbocycles. The van der Waals surface area contributed by atoms with E-state index in [0.29, 0.717) is 11.8 Å². The van der Waals surface area contributed by atoms with E-state index in [1.165, 1.54) is 25.7 Å². The summed E-state index contributed by atoms with van der Waals surface area (Å²) in [5.41, 5.74) is 0. The normalized spacial score (nSPS) is 42.5. The van der Waals surface area contributed by atoms with Gasteiger partial charge in [-0.05, 0) is 42.9 Å². The van der Waals surface area contributed by atoms with Crippen molar-refractivity contribution in [2.75, 3.05) is 0 Å². The Hall–Kier alpha value is -0.0400. The fourth-order valence-electron chi connectivity index (χ4n) is 3.21. The quantitative estimate of drug-likeness (QED) is 0.671. The minimum atomic E-state index is -0.0275. The number of fused-ring (bicyclic) bond motifs is 2. The van der Waals surface area contributed by atoms with Crippen molar-refractivity contribution in [2.24, 2.45) is 23.7 Å². The minimum absolute atomic E-state index is 0.0275. The monoisotopic (exact) mass is 168 g/mol. The maximum absolute atomic E-state index is 9.95. The van der Waals surface area contributed by atoms with E-state index in [1.807, 2.05) is 0 Å². The van der Waals surface area contributed by atoms with Crippen LogP contribution in [-0.4, -0.2) is 11.2 Å². The van der Waals surface area contributed by atoms with Gasteiger partial charge in [-0.15, -0.1) is 0 Å². The molecule has 2 bridgehead atoms. The second-order valence-electron chi connectivity index (χ2n) is 5.07. The maximum atomic E-state index is 9.95. The van der Waals surface area contributed by atoms with Crippen molar-refractivity contribution in [1.82, 2.24) is 0 Å². The molecule has 0 amide bonds. The molecule has 4 atom stereocenters. The summed E-state index contributed by atoms with van der Waals surface area (Å²) in [5, 5.41) is 9.95. The van der Waals surface area contributed by atoms with E-state index in [2.05, 4.69) is 13.8 Å². The third-order valence-electron chi connectivity index (χ3n) is 3.91. The smallest absolute Gasteiger partial charge is 0.0594 e. The van der Waals surface area contributed by atoms with Gasteiger partial charge in [0, 0.05) is 0 Å². The van der Waals surface area contributed by atoms with Crippen molar-refractivity contribution in [3.05, 3.63) is 0 Å². The molecule has 1 N–H and O–H groups in total. The van der Waals surface area contributed by atoms with Crippen LogP contribution in [0, 0.1) is 23.7 Å². The third-order valence-corrected chi connectivity index (χ3v) is 3.91. The molecular weight excluding hydrogens is 148 g/mol. The second kappa shape index (κ2) is 3.02. The summed E-state index contributed by atoms with van der Waals surface area (Å²) in [4.78, 5) is 0. The summed E-state index contributed by atoms with van der Waals surface area (Å²) in [6.07, 6.45) is 5.52. The Morgan fingerprint density at radius 3 is 2.33 bits per heavy atom. The zero-order chi connectivity index (χ0) is 8.72. The van der Waals surface area contributed by atoms with Gasteiger partial charge in [0.05, 0.1) is 6.10 Å². The Kier molecular flexibility index (Phi) is 2.16. The lowest BCUT2D eigenvalue weighted by molar-refractivity contribution is 0.0376. The van der Waals surface area contributed by atoms with Crippen LogP contribution in [0.25, 0.3) is 0 Å². The van der Waals surface area contributed by atoms with Gasteiger partial charge in [0.1, 0.15) is 0 Å². The number of hydrogen-bond donors (Lipinski definition) is 1. The first-order valence-corrected chi connectivity index (χ1v) is 5.36. The molecule has 4 unspecified atom stereocenters. The molecule has 1 nitrogen and oxygen atoms in total. The topological polar surface area (TPSA) is 20.2 Å². The molecule has 2 aliphatic rings. The van der Waals surface area contributed by atoms with Gasteiger partial charge in [-0.25, -0.2) is 0 Å². The van der Waals surface area contributed by atoms with Gasteiger partial charge in [0.2, 0.25) is 0 Å². The van der Waals surface area contributed by atoms with Crippen LogP contribution in [0.3, 0.4) is 0 Å². The first kappa shape index (κ1) is 8.55. The van der Waals surface area contributed by atoms with Crippen molar-refractivity contribution in [2.45, 2.75) is 45.6 Å². The Balaban J connectivity index is 1.97. The molecule has 1 heteroatoms. The molecule has 2 saturated carbocycles. The largest absolute Gasteiger partial charge is 0.393 e. The summed E-state index contributed by atoms with van der Waals surface area (Å²) in [6, 6.07) is 0. The lowest BCUT2D eigenvalue weighted by Gasteiger charge is -2.29. The SMILES string of the molecule is CC(C)C(O)C1CC2CCC1C2. The van der Waals surface area contributed by atoms with Crippen molar-refractivity contribution >= 4 is 0 Å². The van der Waals surface area contributed by atoms with Gasteiger partial charge in [-0.1, -0.05) is 20.3 Å². The zero-order valence-corrected chi connectivity index (χ0v) is 8.16. The summed E-state index contributed by atoms with van der Waals surface area (Å²) in [7, 11) is 0. The van der Waals surface area contributed by atoms with Gasteiger partial charge in [-0.2, -0.15) is 0 Å². The molecule has 0 radical (unpaired) electrons. The van der Waals surface area contributed by atoms with Gasteiger partial charge >= 0.3 is 0 Å². The van der Waals surface area contributed by atoms with Crippen LogP contribution in [-0.2, 0) is 0 Å². The Bertz CT molecular complexity index is 164. The van der Waals surface area contributed by atoms with E-state index in [0.717, 1.165) is 11.8 Å². The van der Waals surface area contributed by atoms with Gasteiger partial charge < -0.3 is 5.11 Å². The number of aliphatic hydroxyl groups is 1. The van der Waals surface area contributed by atoms with E-state index in [1.54, 1.807) is 0 Å². The predicted octanol–water partition coefficient (Wildman–Crippen LogP) is 2.44. The van der Waals surface area contributed by atoms with Crippen molar-refractivity contribution < 1.29 is 5.11 Å². The molecule has 70 valence electrons. The first-order chi connectivity index (χ1) is 5.68. The average molecular weight is 168 g/mol. The van der Waals surface area contributed by atoms with Crippen LogP contribution < -0.4 is 0 Å². The molecule has 0 heterocycles. The van der Waals surface area contributed by atoms with Gasteiger partial charge in [0.15, 0.2) is 0 Å². The van der Waals surface area contributed by atoms with Crippen LogP contribution in [0.4, 0.5) is 0 Å². The lowest BCUT2D eigenvalue weighted by Crippen LogP contribution is -2.29. The zero-order valence-electron chi connectivity index (χ0n) is 8.16. The van der Waals surface area contributed by atoms with E-state index in [-0.39, 0.29) is 6.10 Å². The molecule has 2 rings (SSSR count). The number of aliphatic hydroxyl groups excluding tert-OH is 1. The van der Waals surface area contributed by atoms with E-state index in [4.69, 9.17) is 0 Å². The highest BCUT2D eigenvalue weighted by Gasteiger charge is 2.43. The standard InChI is InChI=1S/C11H20O/c1-7(2)11(12)10-6-8-3-4-9(10)5-8/h7-12H,3-6H2,1-2H3. The Morgan fingerprint density at radius 2 is 1.92 bits per heavy atom. The van der Waals surface area contributed by atoms with Crippen LogP contribution >= 0.6 is 0 Å². The van der Waals surface area contributed by atoms with Crippen molar-refractivity contribution in [1.29, 1.82) is 0 Å². The maximum Gasteiger partial charge on any atom is 0.0594 e. The third kappa shape index (κ3) is 1.28. The van der Waals surface area contributed by atoms with Crippen LogP contribution in [0.2, 0.25) is 0 Å². The van der Waals surface area contributed by atoms with Gasteiger partial charge in [0.25, 0.3) is 0 Å². The van der Waals surface area contributed by atoms with Crippen LogP contribution in [0.1, 0.15) is 39.5 Å². The fourth-order valence-corrected chi connectivity index (χ4v) is 3.21. The average Bonchev–Trinajstić information content (AvgIpc) is 2.62. The molecular formula is C11H20O. The molecule has 12 heavy (non-hydrogen) atoms. The van der Waals surface area contributed by atoms with E-state index in [9.17, 15) is 5.11 Å². The van der Waals surface area contributed by atoms with Crippen LogP contribution in [0.5, 0.6) is 0 Å². The first-order valence-electron chi connectivity index (χ1n) is 5.36. The Labute approximate surface area is 75.2 Å². The van der Waals surface area contributed by atoms with E-state index >= 15 is 0 Å². The summed E-state index contributed by atoms with van der Waals surface area (Å²) < 4.78 is 0. The highest BCUT2D eigenvalue weighted by molar-refractivity contribution is 4.93. The summed E-state index contributed by atoms with van der Waals surface area (Å²) >= 11 is 0. The highest BCUT2D eigenvalue weighted by atomic mass is 16.3. The van der Waals surface area contributed by atoms with Crippen molar-refractivity contribution in [3.63, 3.8) is 0 Å².